The summed E-state index contributed by atoms with van der Waals surface area (Å²) in [5.41, 5.74) is 1.22. The van der Waals surface area contributed by atoms with E-state index in [2.05, 4.69) is 0 Å². The lowest BCUT2D eigenvalue weighted by Crippen LogP contribution is -2.27. The quantitative estimate of drug-likeness (QED) is 0.810. The molecule has 1 aromatic heterocycles. The predicted molar refractivity (Wildman–Crippen MR) is 80.7 cm³/mol. The van der Waals surface area contributed by atoms with Crippen LogP contribution in [0.25, 0.3) is 10.9 Å². The first-order valence-electron chi connectivity index (χ1n) is 6.80. The van der Waals surface area contributed by atoms with Gasteiger partial charge in [-0.15, -0.1) is 0 Å². The van der Waals surface area contributed by atoms with Gasteiger partial charge in [0.1, 0.15) is 12.3 Å². The Balaban J connectivity index is 2.62. The molecule has 2 rings (SSSR count). The molecular weight excluding hydrogens is 270 g/mol. The van der Waals surface area contributed by atoms with E-state index in [1.807, 2.05) is 19.1 Å². The van der Waals surface area contributed by atoms with Crippen LogP contribution < -0.4 is 10.3 Å². The molecular formula is C16H19NO4. The highest BCUT2D eigenvalue weighted by atomic mass is 16.5. The number of rotatable bonds is 4. The van der Waals surface area contributed by atoms with Gasteiger partial charge in [0.2, 0.25) is 0 Å². The number of ether oxygens (including phenoxy) is 2. The molecule has 0 unspecified atom stereocenters. The van der Waals surface area contributed by atoms with Crippen LogP contribution in [0.5, 0.6) is 5.75 Å². The number of pyridine rings is 1. The minimum absolute atomic E-state index is 0.131. The van der Waals surface area contributed by atoms with Crippen molar-refractivity contribution in [2.24, 2.45) is 0 Å². The van der Waals surface area contributed by atoms with E-state index in [0.717, 1.165) is 10.9 Å². The lowest BCUT2D eigenvalue weighted by Gasteiger charge is -2.15. The second-order valence-electron chi connectivity index (χ2n) is 5.15. The number of esters is 1. The second-order valence-corrected chi connectivity index (χ2v) is 5.15. The van der Waals surface area contributed by atoms with E-state index in [1.54, 1.807) is 27.0 Å². The Bertz CT molecular complexity index is 731. The molecule has 0 fully saturated rings. The van der Waals surface area contributed by atoms with Crippen molar-refractivity contribution in [2.75, 3.05) is 7.11 Å². The molecule has 21 heavy (non-hydrogen) atoms. The monoisotopic (exact) mass is 289 g/mol. The molecule has 0 amide bonds. The molecule has 0 radical (unpaired) electrons. The molecule has 2 aromatic rings. The zero-order valence-electron chi connectivity index (χ0n) is 12.7. The molecule has 112 valence electrons. The molecule has 0 aliphatic heterocycles. The molecule has 5 nitrogen and oxygen atoms in total. The summed E-state index contributed by atoms with van der Waals surface area (Å²) in [7, 11) is 1.54. The van der Waals surface area contributed by atoms with Crippen molar-refractivity contribution in [1.82, 2.24) is 4.57 Å². The number of nitrogens with zero attached hydrogens (tertiary/aromatic N) is 1. The van der Waals surface area contributed by atoms with Gasteiger partial charge in [0.25, 0.3) is 5.56 Å². The van der Waals surface area contributed by atoms with E-state index in [9.17, 15) is 9.59 Å². The van der Waals surface area contributed by atoms with Crippen LogP contribution in [0.15, 0.2) is 29.1 Å². The molecule has 5 heteroatoms. The van der Waals surface area contributed by atoms with Crippen LogP contribution >= 0.6 is 0 Å². The maximum absolute atomic E-state index is 12.2. The smallest absolute Gasteiger partial charge is 0.326 e. The summed E-state index contributed by atoms with van der Waals surface area (Å²) < 4.78 is 11.8. The Hall–Kier alpha value is -2.30. The molecule has 0 atom stereocenters. The largest absolute Gasteiger partial charge is 0.495 e. The SMILES string of the molecule is COc1cccc2c(C)cc(=O)n(CC(=O)OC(C)C)c12. The number of hydrogen-bond donors (Lipinski definition) is 0. The fourth-order valence-corrected chi connectivity index (χ4v) is 2.32. The molecule has 1 aromatic carbocycles. The second kappa shape index (κ2) is 5.99. The zero-order chi connectivity index (χ0) is 15.6. The summed E-state index contributed by atoms with van der Waals surface area (Å²) >= 11 is 0. The lowest BCUT2D eigenvalue weighted by molar-refractivity contribution is -0.148. The fourth-order valence-electron chi connectivity index (χ4n) is 2.32. The number of carbonyl (C=O) groups excluding carboxylic acids is 1. The molecule has 0 saturated heterocycles. The third-order valence-electron chi connectivity index (χ3n) is 3.17. The first kappa shape index (κ1) is 15.1. The van der Waals surface area contributed by atoms with Crippen LogP contribution in [0.2, 0.25) is 0 Å². The Labute approximate surface area is 123 Å². The number of methoxy groups -OCH3 is 1. The number of aryl methyl sites for hydroxylation is 1. The topological polar surface area (TPSA) is 57.5 Å². The first-order valence-corrected chi connectivity index (χ1v) is 6.80. The first-order chi connectivity index (χ1) is 9.93. The van der Waals surface area contributed by atoms with Crippen LogP contribution in [-0.2, 0) is 16.1 Å². The van der Waals surface area contributed by atoms with Crippen molar-refractivity contribution >= 4 is 16.9 Å². The van der Waals surface area contributed by atoms with Gasteiger partial charge in [-0.25, -0.2) is 0 Å². The van der Waals surface area contributed by atoms with Gasteiger partial charge in [0.15, 0.2) is 0 Å². The summed E-state index contributed by atoms with van der Waals surface area (Å²) in [6, 6.07) is 7.04. The van der Waals surface area contributed by atoms with Gasteiger partial charge < -0.3 is 9.47 Å². The molecule has 0 bridgehead atoms. The number of hydrogen-bond acceptors (Lipinski definition) is 4. The summed E-state index contributed by atoms with van der Waals surface area (Å²) in [5, 5.41) is 0.881. The average molecular weight is 289 g/mol. The van der Waals surface area contributed by atoms with Crippen molar-refractivity contribution in [3.05, 3.63) is 40.2 Å². The van der Waals surface area contributed by atoms with E-state index < -0.39 is 5.97 Å². The maximum atomic E-state index is 12.2. The number of carbonyl (C=O) groups is 1. The van der Waals surface area contributed by atoms with Gasteiger partial charge in [-0.3, -0.25) is 14.2 Å². The third-order valence-corrected chi connectivity index (χ3v) is 3.17. The molecule has 0 spiro atoms. The highest BCUT2D eigenvalue weighted by Crippen LogP contribution is 2.26. The Morgan fingerprint density at radius 1 is 1.33 bits per heavy atom. The van der Waals surface area contributed by atoms with Crippen molar-refractivity contribution in [1.29, 1.82) is 0 Å². The van der Waals surface area contributed by atoms with Gasteiger partial charge in [0, 0.05) is 11.5 Å². The van der Waals surface area contributed by atoms with Crippen molar-refractivity contribution in [3.8, 4) is 5.75 Å². The molecule has 0 aliphatic rings. The summed E-state index contributed by atoms with van der Waals surface area (Å²) in [4.78, 5) is 24.1. The summed E-state index contributed by atoms with van der Waals surface area (Å²) in [5.74, 6) is 0.119. The Morgan fingerprint density at radius 3 is 2.67 bits per heavy atom. The number of fused-ring (bicyclic) bond motifs is 1. The molecule has 0 aliphatic carbocycles. The van der Waals surface area contributed by atoms with Crippen LogP contribution in [0, 0.1) is 6.92 Å². The number of aromatic nitrogens is 1. The third kappa shape index (κ3) is 3.07. The van der Waals surface area contributed by atoms with Gasteiger partial charge in [-0.2, -0.15) is 0 Å². The van der Waals surface area contributed by atoms with Gasteiger partial charge in [-0.05, 0) is 32.4 Å². The number of benzene rings is 1. The lowest BCUT2D eigenvalue weighted by atomic mass is 10.1. The van der Waals surface area contributed by atoms with E-state index in [1.165, 1.54) is 10.6 Å². The minimum atomic E-state index is -0.442. The van der Waals surface area contributed by atoms with Gasteiger partial charge in [0.05, 0.1) is 18.7 Å². The Kier molecular flexibility index (Phi) is 4.31. The highest BCUT2D eigenvalue weighted by molar-refractivity contribution is 5.88. The Morgan fingerprint density at radius 2 is 2.05 bits per heavy atom. The maximum Gasteiger partial charge on any atom is 0.326 e. The normalized spacial score (nSPS) is 10.9. The summed E-state index contributed by atoms with van der Waals surface area (Å²) in [6.07, 6.45) is -0.216. The van der Waals surface area contributed by atoms with E-state index in [0.29, 0.717) is 11.3 Å². The predicted octanol–water partition coefficient (Wildman–Crippen LogP) is 2.27. The summed E-state index contributed by atoms with van der Waals surface area (Å²) in [6.45, 7) is 5.27. The van der Waals surface area contributed by atoms with Crippen LogP contribution in [0.4, 0.5) is 0 Å². The van der Waals surface area contributed by atoms with Gasteiger partial charge in [-0.1, -0.05) is 12.1 Å². The molecule has 0 N–H and O–H groups in total. The van der Waals surface area contributed by atoms with E-state index in [4.69, 9.17) is 9.47 Å². The standard InChI is InChI=1S/C16H19NO4/c1-10(2)21-15(19)9-17-14(18)8-11(3)12-6-5-7-13(20-4)16(12)17/h5-8,10H,9H2,1-4H3. The fraction of sp³-hybridized carbons (Fsp3) is 0.375. The van der Waals surface area contributed by atoms with E-state index in [-0.39, 0.29) is 18.2 Å². The highest BCUT2D eigenvalue weighted by Gasteiger charge is 2.15. The van der Waals surface area contributed by atoms with Gasteiger partial charge >= 0.3 is 5.97 Å². The molecule has 1 heterocycles. The number of para-hydroxylation sites is 1. The minimum Gasteiger partial charge on any atom is -0.495 e. The van der Waals surface area contributed by atoms with Crippen molar-refractivity contribution in [3.63, 3.8) is 0 Å². The van der Waals surface area contributed by atoms with Crippen molar-refractivity contribution in [2.45, 2.75) is 33.4 Å². The van der Waals surface area contributed by atoms with Crippen molar-refractivity contribution < 1.29 is 14.3 Å². The average Bonchev–Trinajstić information content (AvgIpc) is 2.41. The zero-order valence-corrected chi connectivity index (χ0v) is 12.7. The van der Waals surface area contributed by atoms with Crippen LogP contribution in [-0.4, -0.2) is 23.8 Å². The molecule has 0 saturated carbocycles. The van der Waals surface area contributed by atoms with E-state index >= 15 is 0 Å². The van der Waals surface area contributed by atoms with Crippen LogP contribution in [0.1, 0.15) is 19.4 Å². The van der Waals surface area contributed by atoms with Crippen LogP contribution in [0.3, 0.4) is 0 Å².